The van der Waals surface area contributed by atoms with Gasteiger partial charge < -0.3 is 0 Å². The van der Waals surface area contributed by atoms with E-state index in [2.05, 4.69) is 62.2 Å². The smallest absolute Gasteiger partial charge is 0.205 e. The molecular weight excluding hydrogens is 410 g/mol. The molecule has 2 heterocycles. The van der Waals surface area contributed by atoms with E-state index in [9.17, 15) is 0 Å². The molecule has 2 aromatic heterocycles. The number of allylic oxidation sites excluding steroid dienone is 1. The second-order valence-corrected chi connectivity index (χ2v) is 8.68. The van der Waals surface area contributed by atoms with Gasteiger partial charge in [0.2, 0.25) is 5.82 Å². The van der Waals surface area contributed by atoms with Crippen molar-refractivity contribution in [3.8, 4) is 22.5 Å². The highest BCUT2D eigenvalue weighted by Crippen LogP contribution is 2.32. The van der Waals surface area contributed by atoms with E-state index in [4.69, 9.17) is 10.1 Å². The third-order valence-electron chi connectivity index (χ3n) is 6.42. The lowest BCUT2D eigenvalue weighted by molar-refractivity contribution is 0.426. The zero-order valence-corrected chi connectivity index (χ0v) is 18.8. The van der Waals surface area contributed by atoms with Crippen LogP contribution in [0.15, 0.2) is 61.2 Å². The van der Waals surface area contributed by atoms with Gasteiger partial charge in [0.15, 0.2) is 5.82 Å². The first-order chi connectivity index (χ1) is 16.3. The molecule has 5 rings (SSSR count). The summed E-state index contributed by atoms with van der Waals surface area (Å²) >= 11 is 0. The third kappa shape index (κ3) is 4.77. The molecule has 0 amide bonds. The maximum atomic E-state index is 4.95. The van der Waals surface area contributed by atoms with E-state index in [1.54, 1.807) is 0 Å². The molecule has 168 valence electrons. The maximum absolute atomic E-state index is 4.95. The SMILES string of the molecule is C=CCCc1nc(C2CCCCC2)nn1Cc1ccc(-c2ccccc2-c2nn[nH]n2)cc1. The predicted molar refractivity (Wildman–Crippen MR) is 129 cm³/mol. The van der Waals surface area contributed by atoms with Crippen molar-refractivity contribution in [2.75, 3.05) is 0 Å². The number of aromatic amines is 1. The fourth-order valence-corrected chi connectivity index (χ4v) is 4.64. The molecule has 4 aromatic rings. The Morgan fingerprint density at radius 2 is 1.79 bits per heavy atom. The fourth-order valence-electron chi connectivity index (χ4n) is 4.64. The Bertz CT molecular complexity index is 1190. The van der Waals surface area contributed by atoms with Gasteiger partial charge in [-0.15, -0.1) is 16.8 Å². The van der Waals surface area contributed by atoms with Gasteiger partial charge >= 0.3 is 0 Å². The molecule has 0 aliphatic heterocycles. The van der Waals surface area contributed by atoms with E-state index < -0.39 is 0 Å². The number of tetrazole rings is 1. The molecule has 7 heteroatoms. The third-order valence-corrected chi connectivity index (χ3v) is 6.42. The number of aromatic nitrogens is 7. The van der Waals surface area contributed by atoms with Crippen molar-refractivity contribution in [3.05, 3.63) is 78.4 Å². The minimum atomic E-state index is 0.506. The predicted octanol–water partition coefficient (Wildman–Crippen LogP) is 5.34. The van der Waals surface area contributed by atoms with E-state index in [0.29, 0.717) is 11.7 Å². The Morgan fingerprint density at radius 1 is 1.00 bits per heavy atom. The summed E-state index contributed by atoms with van der Waals surface area (Å²) in [4.78, 5) is 4.95. The topological polar surface area (TPSA) is 85.2 Å². The minimum absolute atomic E-state index is 0.506. The largest absolute Gasteiger partial charge is 0.245 e. The molecule has 0 unspecified atom stereocenters. The van der Waals surface area contributed by atoms with Gasteiger partial charge in [0.05, 0.1) is 6.54 Å². The molecule has 1 aliphatic rings. The van der Waals surface area contributed by atoms with Crippen molar-refractivity contribution in [2.24, 2.45) is 0 Å². The van der Waals surface area contributed by atoms with Crippen molar-refractivity contribution in [3.63, 3.8) is 0 Å². The van der Waals surface area contributed by atoms with Crippen LogP contribution in [-0.2, 0) is 13.0 Å². The van der Waals surface area contributed by atoms with Crippen LogP contribution in [0.25, 0.3) is 22.5 Å². The molecule has 2 aromatic carbocycles. The molecule has 1 N–H and O–H groups in total. The number of hydrogen-bond donors (Lipinski definition) is 1. The van der Waals surface area contributed by atoms with Gasteiger partial charge in [-0.2, -0.15) is 10.3 Å². The zero-order chi connectivity index (χ0) is 22.5. The zero-order valence-electron chi connectivity index (χ0n) is 18.8. The van der Waals surface area contributed by atoms with Gasteiger partial charge in [0.25, 0.3) is 0 Å². The first kappa shape index (κ1) is 21.2. The highest BCUT2D eigenvalue weighted by molar-refractivity contribution is 5.80. The minimum Gasteiger partial charge on any atom is -0.245 e. The number of nitrogens with one attached hydrogen (secondary N) is 1. The van der Waals surface area contributed by atoms with Crippen molar-refractivity contribution >= 4 is 0 Å². The molecule has 0 bridgehead atoms. The van der Waals surface area contributed by atoms with Crippen LogP contribution in [0, 0.1) is 0 Å². The number of H-pyrrole nitrogens is 1. The van der Waals surface area contributed by atoms with E-state index in [1.807, 2.05) is 24.3 Å². The van der Waals surface area contributed by atoms with Gasteiger partial charge in [-0.25, -0.2) is 9.67 Å². The van der Waals surface area contributed by atoms with Crippen LogP contribution in [0.1, 0.15) is 61.7 Å². The lowest BCUT2D eigenvalue weighted by Crippen LogP contribution is -2.09. The van der Waals surface area contributed by atoms with E-state index in [0.717, 1.165) is 47.7 Å². The summed E-state index contributed by atoms with van der Waals surface area (Å²) in [5.74, 6) is 3.19. The second-order valence-electron chi connectivity index (χ2n) is 8.68. The number of hydrogen-bond acceptors (Lipinski definition) is 5. The maximum Gasteiger partial charge on any atom is 0.205 e. The Morgan fingerprint density at radius 3 is 2.52 bits per heavy atom. The highest BCUT2D eigenvalue weighted by atomic mass is 15.5. The lowest BCUT2D eigenvalue weighted by Gasteiger charge is -2.18. The Hall–Kier alpha value is -3.61. The second kappa shape index (κ2) is 9.90. The number of rotatable bonds is 8. The quantitative estimate of drug-likeness (QED) is 0.375. The molecule has 1 aliphatic carbocycles. The van der Waals surface area contributed by atoms with Crippen LogP contribution >= 0.6 is 0 Å². The highest BCUT2D eigenvalue weighted by Gasteiger charge is 2.21. The monoisotopic (exact) mass is 439 g/mol. The van der Waals surface area contributed by atoms with Gasteiger partial charge in [0, 0.05) is 17.9 Å². The van der Waals surface area contributed by atoms with Crippen LogP contribution in [0.4, 0.5) is 0 Å². The van der Waals surface area contributed by atoms with Crippen LogP contribution < -0.4 is 0 Å². The van der Waals surface area contributed by atoms with Crippen LogP contribution in [0.2, 0.25) is 0 Å². The standard InChI is InChI=1S/C26H29N7/c1-2-3-13-24-27-25(21-9-5-4-6-10-21)30-33(24)18-19-14-16-20(17-15-19)22-11-7-8-12-23(22)26-28-31-32-29-26/h2,7-8,11-12,14-17,21H,1,3-6,9-10,13,18H2,(H,28,29,31,32). The number of benzene rings is 2. The molecule has 0 saturated heterocycles. The van der Waals surface area contributed by atoms with Gasteiger partial charge in [0.1, 0.15) is 5.82 Å². The first-order valence-corrected chi connectivity index (χ1v) is 11.8. The fraction of sp³-hybridized carbons (Fsp3) is 0.346. The van der Waals surface area contributed by atoms with Crippen LogP contribution in [0.3, 0.4) is 0 Å². The van der Waals surface area contributed by atoms with E-state index >= 15 is 0 Å². The Labute approximate surface area is 194 Å². The number of aryl methyl sites for hydroxylation is 1. The Balaban J connectivity index is 1.38. The summed E-state index contributed by atoms with van der Waals surface area (Å²) < 4.78 is 2.09. The van der Waals surface area contributed by atoms with E-state index in [1.165, 1.54) is 37.7 Å². The average Bonchev–Trinajstić information content (AvgIpc) is 3.54. The normalized spacial score (nSPS) is 14.4. The summed E-state index contributed by atoms with van der Waals surface area (Å²) in [6, 6.07) is 16.8. The Kier molecular flexibility index (Phi) is 6.37. The van der Waals surface area contributed by atoms with Crippen molar-refractivity contribution < 1.29 is 0 Å². The molecule has 1 saturated carbocycles. The molecule has 0 atom stereocenters. The molecule has 1 fully saturated rings. The van der Waals surface area contributed by atoms with E-state index in [-0.39, 0.29) is 0 Å². The molecule has 0 radical (unpaired) electrons. The van der Waals surface area contributed by atoms with Crippen LogP contribution in [0.5, 0.6) is 0 Å². The van der Waals surface area contributed by atoms with Crippen molar-refractivity contribution in [2.45, 2.75) is 57.4 Å². The van der Waals surface area contributed by atoms with Crippen LogP contribution in [-0.4, -0.2) is 35.4 Å². The van der Waals surface area contributed by atoms with Gasteiger partial charge in [-0.3, -0.25) is 0 Å². The summed E-state index contributed by atoms with van der Waals surface area (Å²) in [5.41, 5.74) is 4.36. The van der Waals surface area contributed by atoms with Crippen molar-refractivity contribution in [1.82, 2.24) is 35.4 Å². The lowest BCUT2D eigenvalue weighted by atomic mass is 9.89. The molecule has 7 nitrogen and oxygen atoms in total. The van der Waals surface area contributed by atoms with Crippen molar-refractivity contribution in [1.29, 1.82) is 0 Å². The van der Waals surface area contributed by atoms with Gasteiger partial charge in [-0.05, 0) is 41.2 Å². The number of nitrogens with zero attached hydrogens (tertiary/aromatic N) is 6. The molecule has 0 spiro atoms. The van der Waals surface area contributed by atoms with Gasteiger partial charge in [-0.1, -0.05) is 73.9 Å². The summed E-state index contributed by atoms with van der Waals surface area (Å²) in [6.45, 7) is 4.60. The average molecular weight is 440 g/mol. The molecule has 33 heavy (non-hydrogen) atoms. The summed E-state index contributed by atoms with van der Waals surface area (Å²) in [6.07, 6.45) is 10.1. The molecular formula is C26H29N7. The summed E-state index contributed by atoms with van der Waals surface area (Å²) in [5, 5.41) is 19.5. The summed E-state index contributed by atoms with van der Waals surface area (Å²) in [7, 11) is 0. The first-order valence-electron chi connectivity index (χ1n) is 11.8.